The zero-order chi connectivity index (χ0) is 22.9. The van der Waals surface area contributed by atoms with E-state index >= 15 is 8.78 Å². The summed E-state index contributed by atoms with van der Waals surface area (Å²) in [5.74, 6) is -0.645. The van der Waals surface area contributed by atoms with Gasteiger partial charge in [0.15, 0.2) is 0 Å². The molecule has 32 heavy (non-hydrogen) atoms. The van der Waals surface area contributed by atoms with Gasteiger partial charge in [0.2, 0.25) is 0 Å². The van der Waals surface area contributed by atoms with Crippen LogP contribution in [0.4, 0.5) is 22.0 Å². The van der Waals surface area contributed by atoms with E-state index in [0.29, 0.717) is 19.3 Å². The summed E-state index contributed by atoms with van der Waals surface area (Å²) in [6.45, 7) is 2.19. The Labute approximate surface area is 186 Å². The molecule has 1 atom stereocenters. The maximum absolute atomic E-state index is 15.1. The van der Waals surface area contributed by atoms with Crippen molar-refractivity contribution in [2.45, 2.75) is 82.9 Å². The summed E-state index contributed by atoms with van der Waals surface area (Å²) in [5.41, 5.74) is 2.41. The molecule has 2 aliphatic rings. The second-order valence-corrected chi connectivity index (χ2v) is 9.32. The molecule has 2 aliphatic carbocycles. The lowest BCUT2D eigenvalue weighted by atomic mass is 9.76. The maximum atomic E-state index is 15.1. The number of rotatable bonds is 5. The van der Waals surface area contributed by atoms with Crippen molar-refractivity contribution < 1.29 is 26.7 Å². The minimum absolute atomic E-state index is 0.106. The van der Waals surface area contributed by atoms with Crippen LogP contribution in [0, 0.1) is 17.6 Å². The van der Waals surface area contributed by atoms with Gasteiger partial charge in [-0.1, -0.05) is 25.8 Å². The van der Waals surface area contributed by atoms with Crippen molar-refractivity contribution in [3.63, 3.8) is 0 Å². The van der Waals surface area contributed by atoms with Gasteiger partial charge >= 0.3 is 6.36 Å². The molecule has 2 aromatic carbocycles. The smallest absolute Gasteiger partial charge is 0.406 e. The van der Waals surface area contributed by atoms with Crippen LogP contribution in [-0.4, -0.2) is 6.36 Å². The summed E-state index contributed by atoms with van der Waals surface area (Å²) < 4.78 is 71.5. The monoisotopic (exact) mass is 452 g/mol. The topological polar surface area (TPSA) is 9.23 Å². The standard InChI is InChI=1S/C26H29F5O/c1-2-3-16-4-6-17(7-5-16)21-14-23(27)25(24(28)15-21)20-9-8-19-13-22(32-26(29,30)31)11-10-18(19)12-20/h10-11,13-17,20H,2-9,12H2,1H3. The summed E-state index contributed by atoms with van der Waals surface area (Å²) in [5, 5.41) is 0. The Morgan fingerprint density at radius 3 is 2.19 bits per heavy atom. The predicted molar refractivity (Wildman–Crippen MR) is 114 cm³/mol. The highest BCUT2D eigenvalue weighted by Crippen LogP contribution is 2.41. The van der Waals surface area contributed by atoms with Crippen LogP contribution in [0.25, 0.3) is 0 Å². The molecule has 4 rings (SSSR count). The lowest BCUT2D eigenvalue weighted by Crippen LogP contribution is -2.19. The number of alkyl halides is 3. The first-order valence-corrected chi connectivity index (χ1v) is 11.6. The molecule has 1 unspecified atom stereocenters. The van der Waals surface area contributed by atoms with Gasteiger partial charge in [-0.3, -0.25) is 0 Å². The first-order chi connectivity index (χ1) is 15.2. The average Bonchev–Trinajstić information content (AvgIpc) is 2.73. The van der Waals surface area contributed by atoms with Gasteiger partial charge in [-0.2, -0.15) is 0 Å². The van der Waals surface area contributed by atoms with Crippen LogP contribution < -0.4 is 4.74 Å². The Morgan fingerprint density at radius 2 is 1.56 bits per heavy atom. The van der Waals surface area contributed by atoms with Crippen LogP contribution >= 0.6 is 0 Å². The Bertz CT molecular complexity index is 921. The van der Waals surface area contributed by atoms with Crippen molar-refractivity contribution in [1.29, 1.82) is 0 Å². The minimum atomic E-state index is -4.74. The van der Waals surface area contributed by atoms with E-state index < -0.39 is 18.0 Å². The molecule has 1 nitrogen and oxygen atoms in total. The first kappa shape index (κ1) is 23.1. The van der Waals surface area contributed by atoms with Crippen molar-refractivity contribution in [1.82, 2.24) is 0 Å². The summed E-state index contributed by atoms with van der Waals surface area (Å²) in [4.78, 5) is 0. The molecule has 174 valence electrons. The molecule has 0 aliphatic heterocycles. The zero-order valence-electron chi connectivity index (χ0n) is 18.3. The molecule has 2 aromatic rings. The Morgan fingerprint density at radius 1 is 0.875 bits per heavy atom. The summed E-state index contributed by atoms with van der Waals surface area (Å²) in [6, 6.07) is 7.24. The largest absolute Gasteiger partial charge is 0.573 e. The van der Waals surface area contributed by atoms with Crippen molar-refractivity contribution in [2.75, 3.05) is 0 Å². The van der Waals surface area contributed by atoms with E-state index in [0.717, 1.165) is 48.3 Å². The third-order valence-electron chi connectivity index (χ3n) is 7.16. The number of hydrogen-bond donors (Lipinski definition) is 0. The number of aryl methyl sites for hydroxylation is 1. The fraction of sp³-hybridized carbons (Fsp3) is 0.538. The number of ether oxygens (including phenoxy) is 1. The summed E-state index contributed by atoms with van der Waals surface area (Å²) in [6.07, 6.45) is 3.17. The highest BCUT2D eigenvalue weighted by molar-refractivity contribution is 5.41. The number of benzene rings is 2. The van der Waals surface area contributed by atoms with Gasteiger partial charge in [0.05, 0.1) is 0 Å². The van der Waals surface area contributed by atoms with Crippen LogP contribution in [0.15, 0.2) is 30.3 Å². The first-order valence-electron chi connectivity index (χ1n) is 11.6. The second kappa shape index (κ2) is 9.40. The van der Waals surface area contributed by atoms with Gasteiger partial charge in [-0.15, -0.1) is 13.2 Å². The molecule has 0 heterocycles. The highest BCUT2D eigenvalue weighted by atomic mass is 19.4. The zero-order valence-corrected chi connectivity index (χ0v) is 18.3. The van der Waals surface area contributed by atoms with Gasteiger partial charge in [0.25, 0.3) is 0 Å². The van der Waals surface area contributed by atoms with E-state index in [4.69, 9.17) is 0 Å². The lowest BCUT2D eigenvalue weighted by Gasteiger charge is -2.30. The summed E-state index contributed by atoms with van der Waals surface area (Å²) >= 11 is 0. The Balaban J connectivity index is 1.48. The Kier molecular flexibility index (Phi) is 6.78. The van der Waals surface area contributed by atoms with Crippen molar-refractivity contribution in [3.8, 4) is 5.75 Å². The molecule has 0 spiro atoms. The molecular formula is C26H29F5O. The lowest BCUT2D eigenvalue weighted by molar-refractivity contribution is -0.274. The van der Waals surface area contributed by atoms with E-state index in [1.807, 2.05) is 0 Å². The van der Waals surface area contributed by atoms with Crippen molar-refractivity contribution in [2.24, 2.45) is 5.92 Å². The van der Waals surface area contributed by atoms with Crippen LogP contribution in [0.3, 0.4) is 0 Å². The molecule has 1 saturated carbocycles. The average molecular weight is 453 g/mol. The van der Waals surface area contributed by atoms with Gasteiger partial charge in [0.1, 0.15) is 17.4 Å². The second-order valence-electron chi connectivity index (χ2n) is 9.32. The number of hydrogen-bond acceptors (Lipinski definition) is 1. The minimum Gasteiger partial charge on any atom is -0.406 e. The molecule has 0 amide bonds. The fourth-order valence-electron chi connectivity index (χ4n) is 5.60. The number of halogens is 5. The third kappa shape index (κ3) is 5.26. The molecule has 0 saturated heterocycles. The van der Waals surface area contributed by atoms with E-state index in [1.165, 1.54) is 37.1 Å². The van der Waals surface area contributed by atoms with Crippen LogP contribution in [-0.2, 0) is 12.8 Å². The van der Waals surface area contributed by atoms with Gasteiger partial charge in [0, 0.05) is 5.56 Å². The highest BCUT2D eigenvalue weighted by Gasteiger charge is 2.32. The molecule has 0 aromatic heterocycles. The number of fused-ring (bicyclic) bond motifs is 1. The van der Waals surface area contributed by atoms with Gasteiger partial charge < -0.3 is 4.74 Å². The van der Waals surface area contributed by atoms with E-state index in [9.17, 15) is 13.2 Å². The van der Waals surface area contributed by atoms with Crippen molar-refractivity contribution in [3.05, 3.63) is 64.2 Å². The van der Waals surface area contributed by atoms with Crippen LogP contribution in [0.1, 0.15) is 86.0 Å². The van der Waals surface area contributed by atoms with E-state index in [1.54, 1.807) is 6.07 Å². The fourth-order valence-corrected chi connectivity index (χ4v) is 5.60. The van der Waals surface area contributed by atoms with Gasteiger partial charge in [-0.05, 0) is 104 Å². The molecule has 1 fully saturated rings. The van der Waals surface area contributed by atoms with Crippen LogP contribution in [0.2, 0.25) is 0 Å². The van der Waals surface area contributed by atoms with E-state index in [2.05, 4.69) is 11.7 Å². The van der Waals surface area contributed by atoms with Gasteiger partial charge in [-0.25, -0.2) is 8.78 Å². The normalized spacial score (nSPS) is 23.6. The van der Waals surface area contributed by atoms with Crippen molar-refractivity contribution >= 4 is 0 Å². The summed E-state index contributed by atoms with van der Waals surface area (Å²) in [7, 11) is 0. The third-order valence-corrected chi connectivity index (χ3v) is 7.16. The molecule has 0 radical (unpaired) electrons. The molecular weight excluding hydrogens is 423 g/mol. The molecule has 0 bridgehead atoms. The molecule has 0 N–H and O–H groups in total. The maximum Gasteiger partial charge on any atom is 0.573 e. The predicted octanol–water partition coefficient (Wildman–Crippen LogP) is 8.21. The Hall–Kier alpha value is -2.11. The van der Waals surface area contributed by atoms with E-state index in [-0.39, 0.29) is 23.1 Å². The quantitative estimate of drug-likeness (QED) is 0.415. The SMILES string of the molecule is CCCC1CCC(c2cc(F)c(C3CCc4cc(OC(F)(F)F)ccc4C3)c(F)c2)CC1. The van der Waals surface area contributed by atoms with Crippen LogP contribution in [0.5, 0.6) is 5.75 Å². The molecule has 6 heteroatoms.